The number of ether oxygens (including phenoxy) is 1. The molecule has 4 nitrogen and oxygen atoms in total. The molecule has 1 amide bonds. The maximum Gasteiger partial charge on any atom is 0.220 e. The van der Waals surface area contributed by atoms with Gasteiger partial charge < -0.3 is 15.4 Å². The third-order valence-electron chi connectivity index (χ3n) is 3.30. The Balaban J connectivity index is 0.00000200. The van der Waals surface area contributed by atoms with E-state index in [9.17, 15) is 4.79 Å². The Morgan fingerprint density at radius 3 is 2.75 bits per heavy atom. The summed E-state index contributed by atoms with van der Waals surface area (Å²) in [5, 5.41) is 6.30. The molecule has 0 saturated carbocycles. The molecular weight excluding hydrogens is 276 g/mol. The van der Waals surface area contributed by atoms with Gasteiger partial charge in [-0.15, -0.1) is 12.4 Å². The molecule has 1 aromatic rings. The van der Waals surface area contributed by atoms with Gasteiger partial charge in [-0.25, -0.2) is 0 Å². The van der Waals surface area contributed by atoms with E-state index in [-0.39, 0.29) is 18.3 Å². The predicted molar refractivity (Wildman–Crippen MR) is 82.6 cm³/mol. The lowest BCUT2D eigenvalue weighted by Gasteiger charge is -2.11. The van der Waals surface area contributed by atoms with Gasteiger partial charge in [0.05, 0.1) is 6.61 Å². The van der Waals surface area contributed by atoms with E-state index in [1.165, 1.54) is 5.56 Å². The molecule has 20 heavy (non-hydrogen) atoms. The van der Waals surface area contributed by atoms with E-state index in [0.29, 0.717) is 19.1 Å². The van der Waals surface area contributed by atoms with Crippen molar-refractivity contribution in [3.63, 3.8) is 0 Å². The minimum atomic E-state index is 0. The highest BCUT2D eigenvalue weighted by Gasteiger charge is 2.16. The van der Waals surface area contributed by atoms with Crippen LogP contribution in [0.1, 0.15) is 25.3 Å². The monoisotopic (exact) mass is 298 g/mol. The fraction of sp³-hybridized carbons (Fsp3) is 0.533. The third kappa shape index (κ3) is 5.39. The summed E-state index contributed by atoms with van der Waals surface area (Å²) in [6.07, 6.45) is 2.36. The van der Waals surface area contributed by atoms with Gasteiger partial charge in [0.25, 0.3) is 0 Å². The van der Waals surface area contributed by atoms with Crippen LogP contribution in [0.4, 0.5) is 0 Å². The molecule has 112 valence electrons. The van der Waals surface area contributed by atoms with E-state index < -0.39 is 0 Å². The number of nitrogens with one attached hydrogen (secondary N) is 2. The number of amides is 1. The van der Waals surface area contributed by atoms with Gasteiger partial charge in [-0.05, 0) is 44.0 Å². The summed E-state index contributed by atoms with van der Waals surface area (Å²) in [5.41, 5.74) is 1.17. The fourth-order valence-corrected chi connectivity index (χ4v) is 2.25. The lowest BCUT2D eigenvalue weighted by molar-refractivity contribution is -0.121. The van der Waals surface area contributed by atoms with Crippen LogP contribution in [0, 0.1) is 0 Å². The van der Waals surface area contributed by atoms with Crippen molar-refractivity contribution < 1.29 is 9.53 Å². The summed E-state index contributed by atoms with van der Waals surface area (Å²) in [4.78, 5) is 11.8. The summed E-state index contributed by atoms with van der Waals surface area (Å²) < 4.78 is 5.39. The predicted octanol–water partition coefficient (Wildman–Crippen LogP) is 1.92. The van der Waals surface area contributed by atoms with Gasteiger partial charge in [0.15, 0.2) is 0 Å². The van der Waals surface area contributed by atoms with Gasteiger partial charge in [-0.2, -0.15) is 0 Å². The molecule has 0 bridgehead atoms. The van der Waals surface area contributed by atoms with Crippen molar-refractivity contribution in [3.05, 3.63) is 29.8 Å². The van der Waals surface area contributed by atoms with Crippen LogP contribution in [0.5, 0.6) is 5.75 Å². The molecule has 1 fully saturated rings. The molecule has 0 aliphatic carbocycles. The minimum absolute atomic E-state index is 0. The number of hydrogen-bond acceptors (Lipinski definition) is 3. The van der Waals surface area contributed by atoms with Gasteiger partial charge >= 0.3 is 0 Å². The molecule has 1 aliphatic rings. The van der Waals surface area contributed by atoms with Crippen molar-refractivity contribution in [2.75, 3.05) is 19.7 Å². The second kappa shape index (κ2) is 8.82. The summed E-state index contributed by atoms with van der Waals surface area (Å²) in [6.45, 7) is 4.55. The molecule has 0 spiro atoms. The molecular formula is C15H23ClN2O2. The van der Waals surface area contributed by atoms with Crippen LogP contribution >= 0.6 is 12.4 Å². The third-order valence-corrected chi connectivity index (χ3v) is 3.30. The molecule has 0 radical (unpaired) electrons. The number of halogens is 1. The van der Waals surface area contributed by atoms with E-state index in [0.717, 1.165) is 31.7 Å². The molecule has 1 aromatic carbocycles. The van der Waals surface area contributed by atoms with Crippen LogP contribution in [-0.4, -0.2) is 31.6 Å². The molecule has 5 heteroatoms. The topological polar surface area (TPSA) is 50.4 Å². The first-order valence-corrected chi connectivity index (χ1v) is 6.99. The molecule has 1 unspecified atom stereocenters. The summed E-state index contributed by atoms with van der Waals surface area (Å²) in [6, 6.07) is 8.27. The van der Waals surface area contributed by atoms with Gasteiger partial charge in [0.1, 0.15) is 5.75 Å². The molecule has 0 aromatic heterocycles. The van der Waals surface area contributed by atoms with Crippen LogP contribution in [0.2, 0.25) is 0 Å². The average molecular weight is 299 g/mol. The highest BCUT2D eigenvalue weighted by atomic mass is 35.5. The van der Waals surface area contributed by atoms with Gasteiger partial charge in [0, 0.05) is 19.0 Å². The Bertz CT molecular complexity index is 403. The maximum absolute atomic E-state index is 11.8. The summed E-state index contributed by atoms with van der Waals surface area (Å²) in [7, 11) is 0. The molecule has 1 aliphatic heterocycles. The van der Waals surface area contributed by atoms with Crippen molar-refractivity contribution in [3.8, 4) is 5.75 Å². The second-order valence-corrected chi connectivity index (χ2v) is 4.83. The van der Waals surface area contributed by atoms with Crippen molar-refractivity contribution in [1.29, 1.82) is 0 Å². The Labute approximate surface area is 126 Å². The molecule has 1 saturated heterocycles. The van der Waals surface area contributed by atoms with Crippen molar-refractivity contribution in [1.82, 2.24) is 10.6 Å². The van der Waals surface area contributed by atoms with E-state index in [1.807, 2.05) is 31.2 Å². The standard InChI is InChI=1S/C15H22N2O2.ClH/c1-2-19-14-6-3-12(4-7-14)5-8-15(18)17-13-9-10-16-11-13;/h3-4,6-7,13,16H,2,5,8-11H2,1H3,(H,17,18);1H. The van der Waals surface area contributed by atoms with E-state index in [4.69, 9.17) is 4.74 Å². The first-order chi connectivity index (χ1) is 9.28. The first kappa shape index (κ1) is 16.8. The number of carbonyl (C=O) groups is 1. The van der Waals surface area contributed by atoms with Crippen LogP contribution < -0.4 is 15.4 Å². The Kier molecular flexibility index (Phi) is 7.41. The van der Waals surface area contributed by atoms with Gasteiger partial charge in [-0.1, -0.05) is 12.1 Å². The van der Waals surface area contributed by atoms with Crippen molar-refractivity contribution in [2.24, 2.45) is 0 Å². The minimum Gasteiger partial charge on any atom is -0.494 e. The Morgan fingerprint density at radius 1 is 1.40 bits per heavy atom. The van der Waals surface area contributed by atoms with Crippen LogP contribution in [0.3, 0.4) is 0 Å². The van der Waals surface area contributed by atoms with Crippen LogP contribution in [-0.2, 0) is 11.2 Å². The number of benzene rings is 1. The molecule has 1 heterocycles. The zero-order valence-corrected chi connectivity index (χ0v) is 12.7. The lowest BCUT2D eigenvalue weighted by atomic mass is 10.1. The average Bonchev–Trinajstić information content (AvgIpc) is 2.91. The Morgan fingerprint density at radius 2 is 2.15 bits per heavy atom. The van der Waals surface area contributed by atoms with E-state index >= 15 is 0 Å². The van der Waals surface area contributed by atoms with E-state index in [1.54, 1.807) is 0 Å². The normalized spacial score (nSPS) is 17.4. The van der Waals surface area contributed by atoms with E-state index in [2.05, 4.69) is 10.6 Å². The smallest absolute Gasteiger partial charge is 0.220 e. The highest BCUT2D eigenvalue weighted by Crippen LogP contribution is 2.13. The van der Waals surface area contributed by atoms with Crippen LogP contribution in [0.25, 0.3) is 0 Å². The first-order valence-electron chi connectivity index (χ1n) is 6.99. The number of aryl methyl sites for hydroxylation is 1. The Hall–Kier alpha value is -1.26. The zero-order valence-electron chi connectivity index (χ0n) is 11.9. The van der Waals surface area contributed by atoms with Gasteiger partial charge in [0.2, 0.25) is 5.91 Å². The zero-order chi connectivity index (χ0) is 13.5. The quantitative estimate of drug-likeness (QED) is 0.843. The molecule has 2 rings (SSSR count). The van der Waals surface area contributed by atoms with Crippen LogP contribution in [0.15, 0.2) is 24.3 Å². The maximum atomic E-state index is 11.8. The van der Waals surface area contributed by atoms with Crippen molar-refractivity contribution in [2.45, 2.75) is 32.2 Å². The SMILES string of the molecule is CCOc1ccc(CCC(=O)NC2CCNC2)cc1.Cl. The summed E-state index contributed by atoms with van der Waals surface area (Å²) >= 11 is 0. The number of carbonyl (C=O) groups excluding carboxylic acids is 1. The number of hydrogen-bond donors (Lipinski definition) is 2. The largest absolute Gasteiger partial charge is 0.494 e. The highest BCUT2D eigenvalue weighted by molar-refractivity contribution is 5.85. The number of rotatable bonds is 6. The van der Waals surface area contributed by atoms with Crippen molar-refractivity contribution >= 4 is 18.3 Å². The van der Waals surface area contributed by atoms with Gasteiger partial charge in [-0.3, -0.25) is 4.79 Å². The molecule has 1 atom stereocenters. The molecule has 2 N–H and O–H groups in total. The lowest BCUT2D eigenvalue weighted by Crippen LogP contribution is -2.36. The summed E-state index contributed by atoms with van der Waals surface area (Å²) in [5.74, 6) is 1.02. The fourth-order valence-electron chi connectivity index (χ4n) is 2.25. The second-order valence-electron chi connectivity index (χ2n) is 4.83.